The predicted octanol–water partition coefficient (Wildman–Crippen LogP) is 2.96. The van der Waals surface area contributed by atoms with Gasteiger partial charge in [0.25, 0.3) is 0 Å². The maximum absolute atomic E-state index is 13.4. The molecule has 1 saturated heterocycles. The molecule has 0 aliphatic carbocycles. The number of hydrogen-bond acceptors (Lipinski definition) is 3. The van der Waals surface area contributed by atoms with Crippen molar-refractivity contribution < 1.29 is 4.39 Å². The molecule has 1 aromatic rings. The SMILES string of the molecule is CCCNCc1cc(F)cnc1N1CC(C)CC1C. The standard InChI is InChI=1S/C15H24FN3/c1-4-5-17-8-13-7-14(16)9-18-15(13)19-10-11(2)6-12(19)3/h7,9,11-12,17H,4-6,8,10H2,1-3H3. The van der Waals surface area contributed by atoms with Gasteiger partial charge in [-0.15, -0.1) is 0 Å². The molecule has 3 nitrogen and oxygen atoms in total. The van der Waals surface area contributed by atoms with Gasteiger partial charge in [-0.25, -0.2) is 9.37 Å². The van der Waals surface area contributed by atoms with E-state index >= 15 is 0 Å². The van der Waals surface area contributed by atoms with Crippen LogP contribution in [0.5, 0.6) is 0 Å². The van der Waals surface area contributed by atoms with Gasteiger partial charge in [0.05, 0.1) is 6.20 Å². The Morgan fingerprint density at radius 3 is 2.89 bits per heavy atom. The Kier molecular flexibility index (Phi) is 4.75. The van der Waals surface area contributed by atoms with E-state index in [4.69, 9.17) is 0 Å². The average molecular weight is 265 g/mol. The van der Waals surface area contributed by atoms with Gasteiger partial charge in [-0.05, 0) is 38.3 Å². The molecule has 1 fully saturated rings. The molecule has 2 atom stereocenters. The van der Waals surface area contributed by atoms with Crippen LogP contribution in [0.4, 0.5) is 10.2 Å². The Hall–Kier alpha value is -1.16. The molecule has 19 heavy (non-hydrogen) atoms. The van der Waals surface area contributed by atoms with Crippen LogP contribution in [-0.4, -0.2) is 24.1 Å². The molecule has 1 aliphatic heterocycles. The lowest BCUT2D eigenvalue weighted by Crippen LogP contribution is -2.29. The number of aromatic nitrogens is 1. The maximum atomic E-state index is 13.4. The van der Waals surface area contributed by atoms with Crippen LogP contribution < -0.4 is 10.2 Å². The first-order valence-corrected chi connectivity index (χ1v) is 7.23. The molecule has 2 heterocycles. The van der Waals surface area contributed by atoms with Crippen molar-refractivity contribution in [3.8, 4) is 0 Å². The van der Waals surface area contributed by atoms with Crippen LogP contribution in [0, 0.1) is 11.7 Å². The van der Waals surface area contributed by atoms with E-state index in [9.17, 15) is 4.39 Å². The summed E-state index contributed by atoms with van der Waals surface area (Å²) in [6, 6.07) is 2.10. The summed E-state index contributed by atoms with van der Waals surface area (Å²) in [5.41, 5.74) is 0.967. The lowest BCUT2D eigenvalue weighted by Gasteiger charge is -2.25. The predicted molar refractivity (Wildman–Crippen MR) is 76.8 cm³/mol. The zero-order valence-electron chi connectivity index (χ0n) is 12.1. The van der Waals surface area contributed by atoms with Crippen molar-refractivity contribution in [1.29, 1.82) is 0 Å². The maximum Gasteiger partial charge on any atom is 0.141 e. The van der Waals surface area contributed by atoms with Crippen LogP contribution in [0.2, 0.25) is 0 Å². The van der Waals surface area contributed by atoms with Crippen LogP contribution in [-0.2, 0) is 6.54 Å². The van der Waals surface area contributed by atoms with Gasteiger partial charge in [0.1, 0.15) is 11.6 Å². The van der Waals surface area contributed by atoms with Gasteiger partial charge >= 0.3 is 0 Å². The molecule has 1 aromatic heterocycles. The normalized spacial score (nSPS) is 23.1. The smallest absolute Gasteiger partial charge is 0.141 e. The monoisotopic (exact) mass is 265 g/mol. The molecule has 2 unspecified atom stereocenters. The Morgan fingerprint density at radius 2 is 2.26 bits per heavy atom. The molecule has 0 aromatic carbocycles. The third-order valence-corrected chi connectivity index (χ3v) is 3.71. The molecule has 0 saturated carbocycles. The van der Waals surface area contributed by atoms with E-state index in [-0.39, 0.29) is 5.82 Å². The van der Waals surface area contributed by atoms with Gasteiger partial charge in [-0.2, -0.15) is 0 Å². The number of pyridine rings is 1. The quantitative estimate of drug-likeness (QED) is 0.830. The molecule has 0 radical (unpaired) electrons. The van der Waals surface area contributed by atoms with Crippen LogP contribution in [0.3, 0.4) is 0 Å². The fourth-order valence-corrected chi connectivity index (χ4v) is 2.86. The largest absolute Gasteiger partial charge is 0.353 e. The molecule has 0 amide bonds. The number of halogens is 1. The molecule has 2 rings (SSSR count). The Bertz CT molecular complexity index is 422. The minimum Gasteiger partial charge on any atom is -0.353 e. The molecule has 4 heteroatoms. The van der Waals surface area contributed by atoms with Crippen molar-refractivity contribution >= 4 is 5.82 Å². The number of rotatable bonds is 5. The summed E-state index contributed by atoms with van der Waals surface area (Å²) in [6.45, 7) is 9.25. The molecule has 1 aliphatic rings. The first kappa shape index (κ1) is 14.3. The van der Waals surface area contributed by atoms with E-state index in [1.165, 1.54) is 12.6 Å². The highest BCUT2D eigenvalue weighted by atomic mass is 19.1. The summed E-state index contributed by atoms with van der Waals surface area (Å²) in [5.74, 6) is 1.37. The van der Waals surface area contributed by atoms with Gasteiger partial charge in [0.2, 0.25) is 0 Å². The van der Waals surface area contributed by atoms with Crippen LogP contribution >= 0.6 is 0 Å². The van der Waals surface area contributed by atoms with E-state index in [1.54, 1.807) is 6.07 Å². The summed E-state index contributed by atoms with van der Waals surface area (Å²) in [6.07, 6.45) is 3.59. The highest BCUT2D eigenvalue weighted by Crippen LogP contribution is 2.29. The fourth-order valence-electron chi connectivity index (χ4n) is 2.86. The Balaban J connectivity index is 2.18. The van der Waals surface area contributed by atoms with Gasteiger partial charge in [-0.1, -0.05) is 13.8 Å². The van der Waals surface area contributed by atoms with Gasteiger partial charge in [0, 0.05) is 24.7 Å². The summed E-state index contributed by atoms with van der Waals surface area (Å²) in [4.78, 5) is 6.65. The number of nitrogens with zero attached hydrogens (tertiary/aromatic N) is 2. The minimum absolute atomic E-state index is 0.253. The average Bonchev–Trinajstić information content (AvgIpc) is 2.69. The molecule has 1 N–H and O–H groups in total. The van der Waals surface area contributed by atoms with E-state index in [0.717, 1.165) is 30.9 Å². The van der Waals surface area contributed by atoms with E-state index in [1.807, 2.05) is 0 Å². The lowest BCUT2D eigenvalue weighted by molar-refractivity contribution is 0.607. The zero-order valence-corrected chi connectivity index (χ0v) is 12.1. The van der Waals surface area contributed by atoms with Crippen molar-refractivity contribution in [3.63, 3.8) is 0 Å². The second-order valence-electron chi connectivity index (χ2n) is 5.66. The fraction of sp³-hybridized carbons (Fsp3) is 0.667. The zero-order chi connectivity index (χ0) is 13.8. The van der Waals surface area contributed by atoms with Crippen molar-refractivity contribution in [2.75, 3.05) is 18.0 Å². The summed E-state index contributed by atoms with van der Waals surface area (Å²) < 4.78 is 13.4. The second kappa shape index (κ2) is 6.33. The van der Waals surface area contributed by atoms with Gasteiger partial charge in [-0.3, -0.25) is 0 Å². The highest BCUT2D eigenvalue weighted by Gasteiger charge is 2.28. The van der Waals surface area contributed by atoms with E-state index in [0.29, 0.717) is 18.5 Å². The van der Waals surface area contributed by atoms with Crippen LogP contribution in [0.15, 0.2) is 12.3 Å². The van der Waals surface area contributed by atoms with E-state index in [2.05, 4.69) is 36.0 Å². The van der Waals surface area contributed by atoms with Gasteiger partial charge in [0.15, 0.2) is 0 Å². The summed E-state index contributed by atoms with van der Waals surface area (Å²) in [7, 11) is 0. The first-order valence-electron chi connectivity index (χ1n) is 7.23. The molecular weight excluding hydrogens is 241 g/mol. The molecule has 0 spiro atoms. The van der Waals surface area contributed by atoms with Crippen molar-refractivity contribution in [3.05, 3.63) is 23.6 Å². The number of anilines is 1. The number of nitrogens with one attached hydrogen (secondary N) is 1. The van der Waals surface area contributed by atoms with Crippen LogP contribution in [0.25, 0.3) is 0 Å². The van der Waals surface area contributed by atoms with Gasteiger partial charge < -0.3 is 10.2 Å². The molecule has 0 bridgehead atoms. The van der Waals surface area contributed by atoms with Crippen molar-refractivity contribution in [2.24, 2.45) is 5.92 Å². The second-order valence-corrected chi connectivity index (χ2v) is 5.66. The number of hydrogen-bond donors (Lipinski definition) is 1. The first-order chi connectivity index (χ1) is 9.11. The van der Waals surface area contributed by atoms with E-state index < -0.39 is 0 Å². The van der Waals surface area contributed by atoms with Crippen molar-refractivity contribution in [2.45, 2.75) is 46.2 Å². The third-order valence-electron chi connectivity index (χ3n) is 3.71. The highest BCUT2D eigenvalue weighted by molar-refractivity contribution is 5.49. The Labute approximate surface area is 115 Å². The summed E-state index contributed by atoms with van der Waals surface area (Å²) >= 11 is 0. The summed E-state index contributed by atoms with van der Waals surface area (Å²) in [5, 5.41) is 3.34. The third kappa shape index (κ3) is 3.44. The topological polar surface area (TPSA) is 28.2 Å². The Morgan fingerprint density at radius 1 is 1.47 bits per heavy atom. The van der Waals surface area contributed by atoms with Crippen LogP contribution in [0.1, 0.15) is 39.2 Å². The molecule has 106 valence electrons. The molecular formula is C15H24FN3. The minimum atomic E-state index is -0.253. The van der Waals surface area contributed by atoms with Crippen molar-refractivity contribution in [1.82, 2.24) is 10.3 Å². The lowest BCUT2D eigenvalue weighted by atomic mass is 10.1.